The highest BCUT2D eigenvalue weighted by molar-refractivity contribution is 7.89. The van der Waals surface area contributed by atoms with E-state index < -0.39 is 10.0 Å². The molecule has 4 rings (SSSR count). The van der Waals surface area contributed by atoms with Gasteiger partial charge >= 0.3 is 0 Å². The van der Waals surface area contributed by atoms with Gasteiger partial charge in [-0.1, -0.05) is 13.0 Å². The van der Waals surface area contributed by atoms with E-state index in [4.69, 9.17) is 0 Å². The van der Waals surface area contributed by atoms with Crippen molar-refractivity contribution in [3.63, 3.8) is 0 Å². The summed E-state index contributed by atoms with van der Waals surface area (Å²) < 4.78 is 37.1. The molecule has 3 heterocycles. The van der Waals surface area contributed by atoms with Crippen LogP contribution in [-0.4, -0.2) is 68.2 Å². The van der Waals surface area contributed by atoms with Crippen molar-refractivity contribution < 1.29 is 13.2 Å². The maximum Gasteiger partial charge on any atom is 0.274 e. The number of hydrogen-bond acceptors (Lipinski definition) is 8. The van der Waals surface area contributed by atoms with Gasteiger partial charge in [0.2, 0.25) is 10.0 Å². The van der Waals surface area contributed by atoms with Crippen LogP contribution in [0.2, 0.25) is 0 Å². The SMILES string of the molecule is CCCn1nc(C(=O)N2CCN(S(=O)(=O)c3cccc4nsnc34)CC2)ccc1=O. The number of sulfonamides is 1. The lowest BCUT2D eigenvalue weighted by atomic mass is 10.3. The first-order valence-electron chi connectivity index (χ1n) is 9.50. The molecule has 0 spiro atoms. The van der Waals surface area contributed by atoms with Crippen molar-refractivity contribution in [2.45, 2.75) is 24.8 Å². The minimum Gasteiger partial charge on any atom is -0.335 e. The molecule has 0 saturated carbocycles. The Morgan fingerprint density at radius 1 is 1.10 bits per heavy atom. The Morgan fingerprint density at radius 3 is 2.60 bits per heavy atom. The fourth-order valence-electron chi connectivity index (χ4n) is 3.36. The number of aromatic nitrogens is 4. The third-order valence-corrected chi connectivity index (χ3v) is 7.39. The number of rotatable bonds is 5. The van der Waals surface area contributed by atoms with E-state index in [1.54, 1.807) is 17.0 Å². The lowest BCUT2D eigenvalue weighted by molar-refractivity contribution is 0.0689. The smallest absolute Gasteiger partial charge is 0.274 e. The first-order valence-corrected chi connectivity index (χ1v) is 11.7. The molecule has 1 fully saturated rings. The zero-order valence-electron chi connectivity index (χ0n) is 16.3. The van der Waals surface area contributed by atoms with Crippen molar-refractivity contribution in [1.29, 1.82) is 0 Å². The molecule has 12 heteroatoms. The van der Waals surface area contributed by atoms with Gasteiger partial charge in [-0.05, 0) is 24.6 Å². The van der Waals surface area contributed by atoms with E-state index in [1.165, 1.54) is 27.2 Å². The third kappa shape index (κ3) is 3.73. The second-order valence-corrected chi connectivity index (χ2v) is 9.30. The molecule has 0 radical (unpaired) electrons. The number of benzene rings is 1. The highest BCUT2D eigenvalue weighted by Crippen LogP contribution is 2.25. The Hall–Kier alpha value is -2.70. The van der Waals surface area contributed by atoms with E-state index >= 15 is 0 Å². The summed E-state index contributed by atoms with van der Waals surface area (Å²) in [5, 5.41) is 4.15. The largest absolute Gasteiger partial charge is 0.335 e. The van der Waals surface area contributed by atoms with Gasteiger partial charge in [0.25, 0.3) is 11.5 Å². The Kier molecular flexibility index (Phi) is 5.62. The lowest BCUT2D eigenvalue weighted by Crippen LogP contribution is -2.50. The summed E-state index contributed by atoms with van der Waals surface area (Å²) in [6, 6.07) is 7.64. The van der Waals surface area contributed by atoms with Gasteiger partial charge < -0.3 is 4.90 Å². The molecule has 3 aromatic rings. The normalized spacial score (nSPS) is 15.6. The van der Waals surface area contributed by atoms with Crippen LogP contribution in [0, 0.1) is 0 Å². The van der Waals surface area contributed by atoms with Crippen molar-refractivity contribution in [2.75, 3.05) is 26.2 Å². The fraction of sp³-hybridized carbons (Fsp3) is 0.389. The van der Waals surface area contributed by atoms with Gasteiger partial charge in [0.05, 0.1) is 11.7 Å². The van der Waals surface area contributed by atoms with Crippen LogP contribution in [-0.2, 0) is 16.6 Å². The number of carbonyl (C=O) groups is 1. The van der Waals surface area contributed by atoms with Crippen molar-refractivity contribution in [1.82, 2.24) is 27.7 Å². The molecule has 2 aromatic heterocycles. The number of hydrogen-bond donors (Lipinski definition) is 0. The average Bonchev–Trinajstić information content (AvgIpc) is 3.24. The molecule has 1 amide bonds. The summed E-state index contributed by atoms with van der Waals surface area (Å²) in [4.78, 5) is 26.3. The van der Waals surface area contributed by atoms with Gasteiger partial charge in [-0.3, -0.25) is 9.59 Å². The topological polar surface area (TPSA) is 118 Å². The number of aryl methyl sites for hydroxylation is 1. The van der Waals surface area contributed by atoms with E-state index in [0.29, 0.717) is 17.6 Å². The van der Waals surface area contributed by atoms with Crippen LogP contribution in [0.5, 0.6) is 0 Å². The predicted octanol–water partition coefficient (Wildman–Crippen LogP) is 0.805. The number of carbonyl (C=O) groups excluding carboxylic acids is 1. The molecule has 0 aliphatic carbocycles. The molecule has 158 valence electrons. The summed E-state index contributed by atoms with van der Waals surface area (Å²) in [6.07, 6.45) is 0.725. The summed E-state index contributed by atoms with van der Waals surface area (Å²) in [6.45, 7) is 3.15. The molecule has 1 aliphatic heterocycles. The zero-order chi connectivity index (χ0) is 21.3. The quantitative estimate of drug-likeness (QED) is 0.566. The fourth-order valence-corrected chi connectivity index (χ4v) is 5.53. The van der Waals surface area contributed by atoms with Crippen LogP contribution in [0.15, 0.2) is 40.0 Å². The maximum absolute atomic E-state index is 13.1. The molecular weight excluding hydrogens is 428 g/mol. The average molecular weight is 449 g/mol. The summed E-state index contributed by atoms with van der Waals surface area (Å²) in [5.74, 6) is -0.317. The third-order valence-electron chi connectivity index (χ3n) is 4.91. The molecule has 1 aromatic carbocycles. The second kappa shape index (κ2) is 8.20. The van der Waals surface area contributed by atoms with Gasteiger partial charge in [-0.15, -0.1) is 0 Å². The molecule has 1 aliphatic rings. The van der Waals surface area contributed by atoms with Crippen molar-refractivity contribution in [3.8, 4) is 0 Å². The number of piperazine rings is 1. The van der Waals surface area contributed by atoms with Gasteiger partial charge in [0, 0.05) is 38.8 Å². The Bertz CT molecular complexity index is 1240. The first kappa shape index (κ1) is 20.6. The van der Waals surface area contributed by atoms with Crippen molar-refractivity contribution >= 4 is 38.7 Å². The number of fused-ring (bicyclic) bond motifs is 1. The van der Waals surface area contributed by atoms with Gasteiger partial charge in [0.15, 0.2) is 0 Å². The molecule has 0 bridgehead atoms. The standard InChI is InChI=1S/C18H20N6O4S2/c1-2-8-24-16(25)7-6-14(19-24)18(26)22-9-11-23(12-10-22)30(27,28)15-5-3-4-13-17(15)21-29-20-13/h3-7H,2,8-12H2,1H3. The zero-order valence-corrected chi connectivity index (χ0v) is 17.9. The van der Waals surface area contributed by atoms with Gasteiger partial charge in [-0.2, -0.15) is 18.2 Å². The first-order chi connectivity index (χ1) is 14.4. The number of nitrogens with zero attached hydrogens (tertiary/aromatic N) is 6. The predicted molar refractivity (Wildman–Crippen MR) is 111 cm³/mol. The van der Waals surface area contributed by atoms with Crippen LogP contribution in [0.4, 0.5) is 0 Å². The molecule has 0 N–H and O–H groups in total. The van der Waals surface area contributed by atoms with Crippen molar-refractivity contribution in [2.24, 2.45) is 0 Å². The maximum atomic E-state index is 13.1. The van der Waals surface area contributed by atoms with Crippen molar-refractivity contribution in [3.05, 3.63) is 46.4 Å². The molecule has 1 saturated heterocycles. The van der Waals surface area contributed by atoms with Crippen LogP contribution < -0.4 is 5.56 Å². The molecular formula is C18H20N6O4S2. The van der Waals surface area contributed by atoms with Crippen LogP contribution >= 0.6 is 11.7 Å². The molecule has 0 atom stereocenters. The summed E-state index contributed by atoms with van der Waals surface area (Å²) >= 11 is 0.970. The summed E-state index contributed by atoms with van der Waals surface area (Å²) in [5.41, 5.74) is 0.833. The highest BCUT2D eigenvalue weighted by atomic mass is 32.2. The minimum atomic E-state index is -3.75. The second-order valence-electron chi connectivity index (χ2n) is 6.86. The van der Waals surface area contributed by atoms with E-state index in [2.05, 4.69) is 13.8 Å². The van der Waals surface area contributed by atoms with E-state index in [-0.39, 0.29) is 48.2 Å². The van der Waals surface area contributed by atoms with Gasteiger partial charge in [0.1, 0.15) is 21.6 Å². The Morgan fingerprint density at radius 2 is 1.87 bits per heavy atom. The van der Waals surface area contributed by atoms with E-state index in [1.807, 2.05) is 6.92 Å². The van der Waals surface area contributed by atoms with E-state index in [0.717, 1.165) is 18.1 Å². The van der Waals surface area contributed by atoms with Crippen LogP contribution in [0.3, 0.4) is 0 Å². The lowest BCUT2D eigenvalue weighted by Gasteiger charge is -2.33. The van der Waals surface area contributed by atoms with E-state index in [9.17, 15) is 18.0 Å². The highest BCUT2D eigenvalue weighted by Gasteiger charge is 2.32. The van der Waals surface area contributed by atoms with Gasteiger partial charge in [-0.25, -0.2) is 13.1 Å². The summed E-state index contributed by atoms with van der Waals surface area (Å²) in [7, 11) is -3.75. The minimum absolute atomic E-state index is 0.127. The molecule has 0 unspecified atom stereocenters. The number of amides is 1. The Balaban J connectivity index is 1.50. The molecule has 10 nitrogen and oxygen atoms in total. The van der Waals surface area contributed by atoms with Crippen LogP contribution in [0.1, 0.15) is 23.8 Å². The van der Waals surface area contributed by atoms with Crippen LogP contribution in [0.25, 0.3) is 11.0 Å². The Labute approximate surface area is 177 Å². The molecule has 30 heavy (non-hydrogen) atoms. The monoisotopic (exact) mass is 448 g/mol.